The van der Waals surface area contributed by atoms with Crippen LogP contribution in [0.15, 0.2) is 41.8 Å². The van der Waals surface area contributed by atoms with E-state index in [1.165, 1.54) is 0 Å². The number of benzene rings is 1. The highest BCUT2D eigenvalue weighted by molar-refractivity contribution is 7.92. The summed E-state index contributed by atoms with van der Waals surface area (Å²) in [5, 5.41) is 1.98. The Kier molecular flexibility index (Phi) is 6.39. The first kappa shape index (κ1) is 18.5. The van der Waals surface area contributed by atoms with E-state index >= 15 is 0 Å². The molecule has 1 amide bonds. The van der Waals surface area contributed by atoms with Crippen LogP contribution in [0, 0.1) is 0 Å². The number of sulfonamides is 1. The molecule has 24 heavy (non-hydrogen) atoms. The number of rotatable bonds is 8. The van der Waals surface area contributed by atoms with E-state index in [4.69, 9.17) is 0 Å². The van der Waals surface area contributed by atoms with E-state index in [9.17, 15) is 13.2 Å². The van der Waals surface area contributed by atoms with Gasteiger partial charge < -0.3 is 4.90 Å². The van der Waals surface area contributed by atoms with E-state index in [-0.39, 0.29) is 11.7 Å². The van der Waals surface area contributed by atoms with E-state index in [1.807, 2.05) is 31.4 Å². The number of anilines is 1. The first-order valence-corrected chi connectivity index (χ1v) is 10.4. The zero-order valence-corrected chi connectivity index (χ0v) is 15.5. The van der Waals surface area contributed by atoms with Gasteiger partial charge >= 0.3 is 0 Å². The molecule has 0 bridgehead atoms. The molecule has 1 aromatic heterocycles. The molecule has 0 fully saturated rings. The SMILES string of the molecule is CCCS(=O)(=O)Nc1cccc(C(=O)N(CC)Cc2cccs2)c1. The van der Waals surface area contributed by atoms with Crippen LogP contribution in [0.5, 0.6) is 0 Å². The van der Waals surface area contributed by atoms with Gasteiger partial charge in [0.2, 0.25) is 10.0 Å². The van der Waals surface area contributed by atoms with Gasteiger partial charge in [-0.1, -0.05) is 19.1 Å². The molecule has 0 atom stereocenters. The minimum Gasteiger partial charge on any atom is -0.334 e. The van der Waals surface area contributed by atoms with Crippen LogP contribution in [-0.4, -0.2) is 31.5 Å². The highest BCUT2D eigenvalue weighted by Crippen LogP contribution is 2.17. The maximum absolute atomic E-state index is 12.7. The molecular formula is C17H22N2O3S2. The van der Waals surface area contributed by atoms with E-state index in [1.54, 1.807) is 40.5 Å². The molecular weight excluding hydrogens is 344 g/mol. The van der Waals surface area contributed by atoms with Crippen LogP contribution in [0.2, 0.25) is 0 Å². The smallest absolute Gasteiger partial charge is 0.254 e. The van der Waals surface area contributed by atoms with Crippen molar-refractivity contribution in [3.63, 3.8) is 0 Å². The Bertz CT molecular complexity index is 771. The van der Waals surface area contributed by atoms with Gasteiger partial charge in [-0.15, -0.1) is 11.3 Å². The second kappa shape index (κ2) is 8.30. The third-order valence-electron chi connectivity index (χ3n) is 3.45. The Hall–Kier alpha value is -1.86. The van der Waals surface area contributed by atoms with Crippen LogP contribution in [0.25, 0.3) is 0 Å². The molecule has 7 heteroatoms. The van der Waals surface area contributed by atoms with Crippen molar-refractivity contribution in [2.75, 3.05) is 17.0 Å². The van der Waals surface area contributed by atoms with Crippen molar-refractivity contribution in [1.29, 1.82) is 0 Å². The minimum absolute atomic E-state index is 0.0602. The lowest BCUT2D eigenvalue weighted by Gasteiger charge is -2.20. The number of amides is 1. The lowest BCUT2D eigenvalue weighted by atomic mass is 10.1. The van der Waals surface area contributed by atoms with Crippen molar-refractivity contribution in [1.82, 2.24) is 4.90 Å². The summed E-state index contributed by atoms with van der Waals surface area (Å²) < 4.78 is 26.3. The van der Waals surface area contributed by atoms with E-state index in [2.05, 4.69) is 4.72 Å². The summed E-state index contributed by atoms with van der Waals surface area (Å²) in [5.41, 5.74) is 0.895. The van der Waals surface area contributed by atoms with Crippen molar-refractivity contribution < 1.29 is 13.2 Å². The first-order valence-electron chi connectivity index (χ1n) is 7.87. The van der Waals surface area contributed by atoms with Crippen molar-refractivity contribution >= 4 is 33.0 Å². The van der Waals surface area contributed by atoms with Crippen molar-refractivity contribution in [3.05, 3.63) is 52.2 Å². The predicted molar refractivity (Wildman–Crippen MR) is 98.9 cm³/mol. The summed E-state index contributed by atoms with van der Waals surface area (Å²) in [6.07, 6.45) is 0.540. The van der Waals surface area contributed by atoms with E-state index < -0.39 is 10.0 Å². The topological polar surface area (TPSA) is 66.5 Å². The number of hydrogen-bond donors (Lipinski definition) is 1. The second-order valence-electron chi connectivity index (χ2n) is 5.40. The van der Waals surface area contributed by atoms with Crippen molar-refractivity contribution in [3.8, 4) is 0 Å². The molecule has 0 radical (unpaired) electrons. The molecule has 0 aliphatic heterocycles. The maximum atomic E-state index is 12.7. The lowest BCUT2D eigenvalue weighted by Crippen LogP contribution is -2.30. The van der Waals surface area contributed by atoms with Crippen LogP contribution >= 0.6 is 11.3 Å². The molecule has 0 unspecified atom stereocenters. The van der Waals surface area contributed by atoms with Crippen molar-refractivity contribution in [2.45, 2.75) is 26.8 Å². The minimum atomic E-state index is -3.37. The third-order valence-corrected chi connectivity index (χ3v) is 5.81. The molecule has 0 aliphatic carbocycles. The van der Waals surface area contributed by atoms with Gasteiger partial charge in [-0.3, -0.25) is 9.52 Å². The molecule has 2 aromatic rings. The molecule has 1 aromatic carbocycles. The van der Waals surface area contributed by atoms with Gasteiger partial charge in [0.15, 0.2) is 0 Å². The zero-order valence-electron chi connectivity index (χ0n) is 13.9. The standard InChI is InChI=1S/C17H22N2O3S2/c1-3-11-24(21,22)18-15-8-5-7-14(12-15)17(20)19(4-2)13-16-9-6-10-23-16/h5-10,12,18H,3-4,11,13H2,1-2H3. The number of thiophene rings is 1. The van der Waals surface area contributed by atoms with Gasteiger partial charge in [0.05, 0.1) is 12.3 Å². The molecule has 0 saturated carbocycles. The van der Waals surface area contributed by atoms with Crippen LogP contribution in [0.3, 0.4) is 0 Å². The van der Waals surface area contributed by atoms with Gasteiger partial charge in [0.1, 0.15) is 0 Å². The normalized spacial score (nSPS) is 11.2. The zero-order chi connectivity index (χ0) is 17.6. The fraction of sp³-hybridized carbons (Fsp3) is 0.353. The summed E-state index contributed by atoms with van der Waals surface area (Å²) in [5.74, 6) is -0.0487. The third kappa shape index (κ3) is 5.07. The second-order valence-corrected chi connectivity index (χ2v) is 8.27. The Morgan fingerprint density at radius 2 is 2.00 bits per heavy atom. The summed E-state index contributed by atoms with van der Waals surface area (Å²) in [6.45, 7) is 4.88. The molecule has 0 spiro atoms. The molecule has 5 nitrogen and oxygen atoms in total. The lowest BCUT2D eigenvalue weighted by molar-refractivity contribution is 0.0754. The van der Waals surface area contributed by atoms with Crippen molar-refractivity contribution in [2.24, 2.45) is 0 Å². The van der Waals surface area contributed by atoms with Crippen LogP contribution in [0.4, 0.5) is 5.69 Å². The van der Waals surface area contributed by atoms with Crippen LogP contribution in [-0.2, 0) is 16.6 Å². The molecule has 0 saturated heterocycles. The molecule has 2 rings (SSSR count). The van der Waals surface area contributed by atoms with Crippen LogP contribution in [0.1, 0.15) is 35.5 Å². The van der Waals surface area contributed by atoms with Gasteiger partial charge in [0, 0.05) is 22.7 Å². The average Bonchev–Trinajstić information content (AvgIpc) is 3.04. The number of hydrogen-bond acceptors (Lipinski definition) is 4. The number of nitrogens with one attached hydrogen (secondary N) is 1. The van der Waals surface area contributed by atoms with Gasteiger partial charge in [-0.25, -0.2) is 8.42 Å². The number of carbonyl (C=O) groups is 1. The highest BCUT2D eigenvalue weighted by Gasteiger charge is 2.16. The first-order chi connectivity index (χ1) is 11.4. The number of nitrogens with zero attached hydrogens (tertiary/aromatic N) is 1. The molecule has 0 aliphatic rings. The number of carbonyl (C=O) groups excluding carboxylic acids is 1. The summed E-state index contributed by atoms with van der Waals surface area (Å²) in [4.78, 5) is 15.6. The molecule has 1 heterocycles. The summed E-state index contributed by atoms with van der Waals surface area (Å²) in [6, 6.07) is 10.6. The van der Waals surface area contributed by atoms with Gasteiger partial charge in [-0.05, 0) is 43.0 Å². The Balaban J connectivity index is 2.15. The summed E-state index contributed by atoms with van der Waals surface area (Å²) >= 11 is 1.61. The average molecular weight is 367 g/mol. The Morgan fingerprint density at radius 1 is 1.21 bits per heavy atom. The molecule has 130 valence electrons. The van der Waals surface area contributed by atoms with Gasteiger partial charge in [-0.2, -0.15) is 0 Å². The Morgan fingerprint density at radius 3 is 2.62 bits per heavy atom. The Labute approximate surface area is 147 Å². The van der Waals surface area contributed by atoms with E-state index in [0.29, 0.717) is 30.8 Å². The monoisotopic (exact) mass is 366 g/mol. The summed E-state index contributed by atoms with van der Waals surface area (Å²) in [7, 11) is -3.37. The predicted octanol–water partition coefficient (Wildman–Crippen LogP) is 3.56. The van der Waals surface area contributed by atoms with E-state index in [0.717, 1.165) is 4.88 Å². The van der Waals surface area contributed by atoms with Gasteiger partial charge in [0.25, 0.3) is 5.91 Å². The quantitative estimate of drug-likeness (QED) is 0.777. The molecule has 1 N–H and O–H groups in total. The fourth-order valence-corrected chi connectivity index (χ4v) is 4.16. The largest absolute Gasteiger partial charge is 0.334 e. The fourth-order valence-electron chi connectivity index (χ4n) is 2.32. The van der Waals surface area contributed by atoms with Crippen LogP contribution < -0.4 is 4.72 Å². The highest BCUT2D eigenvalue weighted by atomic mass is 32.2. The maximum Gasteiger partial charge on any atom is 0.254 e.